The van der Waals surface area contributed by atoms with E-state index in [9.17, 15) is 0 Å². The van der Waals surface area contributed by atoms with E-state index in [0.29, 0.717) is 5.05 Å². The molecule has 0 fully saturated rings. The van der Waals surface area contributed by atoms with E-state index in [-0.39, 0.29) is 5.41 Å². The van der Waals surface area contributed by atoms with Gasteiger partial charge in [0.2, 0.25) is 0 Å². The molecule has 0 aliphatic rings. The molecule has 146 valence electrons. The first kappa shape index (κ1) is 22.9. The van der Waals surface area contributed by atoms with Gasteiger partial charge in [-0.2, -0.15) is 0 Å². The molecule has 0 bridgehead atoms. The summed E-state index contributed by atoms with van der Waals surface area (Å²) in [7, 11) is 0. The first-order valence-corrected chi connectivity index (χ1v) is 10.9. The highest BCUT2D eigenvalue weighted by molar-refractivity contribution is 7.80. The van der Waals surface area contributed by atoms with Crippen LogP contribution < -0.4 is 0 Å². The maximum atomic E-state index is 5.90. The molecule has 0 aromatic heterocycles. The molecule has 1 aromatic carbocycles. The van der Waals surface area contributed by atoms with Gasteiger partial charge in [0.15, 0.2) is 5.05 Å². The van der Waals surface area contributed by atoms with Gasteiger partial charge in [0.05, 0.1) is 12.0 Å². The summed E-state index contributed by atoms with van der Waals surface area (Å²) >= 11 is 5.56. The zero-order chi connectivity index (χ0) is 19.1. The number of hydrogen-bond donors (Lipinski definition) is 0. The van der Waals surface area contributed by atoms with Crippen molar-refractivity contribution in [3.63, 3.8) is 0 Å². The Bertz CT molecular complexity index is 496. The summed E-state index contributed by atoms with van der Waals surface area (Å²) in [6.45, 7) is 9.11. The topological polar surface area (TPSA) is 9.23 Å². The van der Waals surface area contributed by atoms with Crippen molar-refractivity contribution in [2.45, 2.75) is 84.5 Å². The van der Waals surface area contributed by atoms with Gasteiger partial charge < -0.3 is 4.74 Å². The second-order valence-corrected chi connectivity index (χ2v) is 7.97. The minimum absolute atomic E-state index is 0.283. The first-order chi connectivity index (χ1) is 12.6. The van der Waals surface area contributed by atoms with Crippen LogP contribution in [-0.4, -0.2) is 11.7 Å². The van der Waals surface area contributed by atoms with Gasteiger partial charge >= 0.3 is 0 Å². The molecule has 0 spiro atoms. The van der Waals surface area contributed by atoms with Gasteiger partial charge in [0.25, 0.3) is 0 Å². The van der Waals surface area contributed by atoms with Crippen molar-refractivity contribution in [3.05, 3.63) is 48.6 Å². The molecule has 1 rings (SSSR count). The third kappa shape index (κ3) is 9.52. The Morgan fingerprint density at radius 1 is 0.962 bits per heavy atom. The molecule has 0 amide bonds. The molecule has 0 aliphatic heterocycles. The predicted molar refractivity (Wildman–Crippen MR) is 119 cm³/mol. The lowest BCUT2D eigenvalue weighted by Crippen LogP contribution is -2.29. The van der Waals surface area contributed by atoms with Gasteiger partial charge in [0.1, 0.15) is 0 Å². The molecule has 1 nitrogen and oxygen atoms in total. The van der Waals surface area contributed by atoms with Crippen LogP contribution in [0, 0.1) is 5.41 Å². The van der Waals surface area contributed by atoms with Crippen LogP contribution in [-0.2, 0) is 11.2 Å². The first-order valence-electron chi connectivity index (χ1n) is 10.5. The van der Waals surface area contributed by atoms with Crippen molar-refractivity contribution in [1.29, 1.82) is 0 Å². The van der Waals surface area contributed by atoms with Crippen LogP contribution in [0.1, 0.15) is 83.6 Å². The Balaban J connectivity index is 2.13. The second-order valence-electron chi connectivity index (χ2n) is 7.60. The van der Waals surface area contributed by atoms with Crippen molar-refractivity contribution < 1.29 is 4.74 Å². The summed E-state index contributed by atoms with van der Waals surface area (Å²) in [4.78, 5) is 0. The van der Waals surface area contributed by atoms with Crippen LogP contribution in [0.5, 0.6) is 0 Å². The molecule has 26 heavy (non-hydrogen) atoms. The standard InChI is InChI=1S/C24H38OS/c1-4-6-7-8-9-10-11-12-13-17-20-25-23(26)24(3,5-2)21-22-18-15-14-16-19-22/h5,14-16,18-19H,2,4,6-13,17,20-21H2,1,3H3. The van der Waals surface area contributed by atoms with Gasteiger partial charge in [-0.15, -0.1) is 6.58 Å². The Kier molecular flexibility index (Phi) is 12.3. The van der Waals surface area contributed by atoms with Crippen molar-refractivity contribution in [1.82, 2.24) is 0 Å². The van der Waals surface area contributed by atoms with E-state index in [2.05, 4.69) is 44.7 Å². The Morgan fingerprint density at radius 3 is 2.04 bits per heavy atom. The molecule has 0 N–H and O–H groups in total. The van der Waals surface area contributed by atoms with Crippen LogP contribution in [0.2, 0.25) is 0 Å². The van der Waals surface area contributed by atoms with Gasteiger partial charge in [-0.05, 0) is 37.5 Å². The molecule has 0 saturated carbocycles. The summed E-state index contributed by atoms with van der Waals surface area (Å²) < 4.78 is 5.90. The quantitative estimate of drug-likeness (QED) is 0.177. The van der Waals surface area contributed by atoms with Gasteiger partial charge in [-0.25, -0.2) is 0 Å². The van der Waals surface area contributed by atoms with Crippen LogP contribution >= 0.6 is 12.2 Å². The molecular weight excluding hydrogens is 336 g/mol. The molecule has 0 heterocycles. The highest BCUT2D eigenvalue weighted by Crippen LogP contribution is 2.27. The van der Waals surface area contributed by atoms with Crippen LogP contribution in [0.4, 0.5) is 0 Å². The van der Waals surface area contributed by atoms with Gasteiger partial charge in [-0.3, -0.25) is 0 Å². The summed E-state index contributed by atoms with van der Waals surface area (Å²) in [6.07, 6.45) is 16.1. The fraction of sp³-hybridized carbons (Fsp3) is 0.625. The number of unbranched alkanes of at least 4 members (excludes halogenated alkanes) is 9. The summed E-state index contributed by atoms with van der Waals surface area (Å²) in [5, 5.41) is 0.673. The van der Waals surface area contributed by atoms with E-state index in [1.165, 1.54) is 63.4 Å². The molecule has 0 radical (unpaired) electrons. The highest BCUT2D eigenvalue weighted by atomic mass is 32.1. The van der Waals surface area contributed by atoms with Crippen molar-refractivity contribution in [2.75, 3.05) is 6.61 Å². The summed E-state index contributed by atoms with van der Waals surface area (Å²) in [6, 6.07) is 10.4. The van der Waals surface area contributed by atoms with Gasteiger partial charge in [0, 0.05) is 0 Å². The zero-order valence-electron chi connectivity index (χ0n) is 17.0. The van der Waals surface area contributed by atoms with Crippen molar-refractivity contribution in [3.8, 4) is 0 Å². The number of benzene rings is 1. The number of ether oxygens (including phenoxy) is 1. The minimum atomic E-state index is -0.283. The maximum absolute atomic E-state index is 5.90. The summed E-state index contributed by atoms with van der Waals surface area (Å²) in [5.41, 5.74) is 0.981. The van der Waals surface area contributed by atoms with Crippen LogP contribution in [0.3, 0.4) is 0 Å². The van der Waals surface area contributed by atoms with E-state index >= 15 is 0 Å². The third-order valence-electron chi connectivity index (χ3n) is 5.06. The normalized spacial score (nSPS) is 13.2. The molecule has 2 heteroatoms. The Hall–Kier alpha value is -1.15. The predicted octanol–water partition coefficient (Wildman–Crippen LogP) is 7.69. The molecule has 1 atom stereocenters. The molecule has 0 aliphatic carbocycles. The minimum Gasteiger partial charge on any atom is -0.486 e. The molecule has 0 saturated heterocycles. The fourth-order valence-corrected chi connectivity index (χ4v) is 3.41. The number of thiocarbonyl (C=S) groups is 1. The average Bonchev–Trinajstić information content (AvgIpc) is 2.66. The fourth-order valence-electron chi connectivity index (χ4n) is 3.17. The van der Waals surface area contributed by atoms with E-state index in [1.807, 2.05) is 12.1 Å². The lowest BCUT2D eigenvalue weighted by atomic mass is 9.84. The average molecular weight is 375 g/mol. The van der Waals surface area contributed by atoms with Crippen molar-refractivity contribution in [2.24, 2.45) is 5.41 Å². The zero-order valence-corrected chi connectivity index (χ0v) is 17.8. The monoisotopic (exact) mass is 374 g/mol. The van der Waals surface area contributed by atoms with E-state index in [1.54, 1.807) is 0 Å². The third-order valence-corrected chi connectivity index (χ3v) is 5.65. The Labute approximate surface area is 167 Å². The van der Waals surface area contributed by atoms with E-state index < -0.39 is 0 Å². The largest absolute Gasteiger partial charge is 0.486 e. The van der Waals surface area contributed by atoms with E-state index in [4.69, 9.17) is 17.0 Å². The Morgan fingerprint density at radius 2 is 1.50 bits per heavy atom. The van der Waals surface area contributed by atoms with E-state index in [0.717, 1.165) is 19.4 Å². The lowest BCUT2D eigenvalue weighted by Gasteiger charge is -2.26. The summed E-state index contributed by atoms with van der Waals surface area (Å²) in [5.74, 6) is 0. The lowest BCUT2D eigenvalue weighted by molar-refractivity contribution is 0.266. The second kappa shape index (κ2) is 14.0. The molecule has 1 aromatic rings. The number of hydrogen-bond acceptors (Lipinski definition) is 2. The smallest absolute Gasteiger partial charge is 0.169 e. The van der Waals surface area contributed by atoms with Crippen molar-refractivity contribution >= 4 is 17.3 Å². The van der Waals surface area contributed by atoms with Crippen LogP contribution in [0.25, 0.3) is 0 Å². The number of rotatable bonds is 15. The SMILES string of the molecule is C=CC(C)(Cc1ccccc1)C(=S)OCCCCCCCCCCCC. The molecular formula is C24H38OS. The maximum Gasteiger partial charge on any atom is 0.169 e. The van der Waals surface area contributed by atoms with Gasteiger partial charge in [-0.1, -0.05) is 101 Å². The van der Waals surface area contributed by atoms with Crippen LogP contribution in [0.15, 0.2) is 43.0 Å². The molecule has 1 unspecified atom stereocenters. The highest BCUT2D eigenvalue weighted by Gasteiger charge is 2.27.